The zero-order valence-corrected chi connectivity index (χ0v) is 8.93. The van der Waals surface area contributed by atoms with Crippen molar-refractivity contribution in [3.8, 4) is 0 Å². The molecule has 5 nitrogen and oxygen atoms in total. The number of hydrogen-bond acceptors (Lipinski definition) is 5. The van der Waals surface area contributed by atoms with Gasteiger partial charge in [-0.05, 0) is 28.8 Å². The van der Waals surface area contributed by atoms with E-state index in [0.717, 1.165) is 0 Å². The highest BCUT2D eigenvalue weighted by atomic mass is 16.5. The molecule has 0 aliphatic rings. The number of methoxy groups -OCH3 is 1. The average Bonchev–Trinajstić information content (AvgIpc) is 2.35. The van der Waals surface area contributed by atoms with Crippen molar-refractivity contribution >= 4 is 5.97 Å². The van der Waals surface area contributed by atoms with Crippen LogP contribution in [0.2, 0.25) is 0 Å². The molecule has 0 atom stereocenters. The second kappa shape index (κ2) is 5.60. The molecule has 1 rings (SSSR count). The van der Waals surface area contributed by atoms with Gasteiger partial charge in [-0.1, -0.05) is 0 Å². The van der Waals surface area contributed by atoms with E-state index in [2.05, 4.69) is 4.74 Å². The van der Waals surface area contributed by atoms with Crippen LogP contribution in [-0.4, -0.2) is 28.4 Å². The molecule has 0 saturated carbocycles. The Morgan fingerprint density at radius 2 is 1.62 bits per heavy atom. The van der Waals surface area contributed by atoms with Crippen molar-refractivity contribution in [2.75, 3.05) is 7.11 Å². The molecule has 0 aromatic heterocycles. The van der Waals surface area contributed by atoms with Gasteiger partial charge in [0.25, 0.3) is 0 Å². The molecule has 5 heteroatoms. The first kappa shape index (κ1) is 12.6. The van der Waals surface area contributed by atoms with Crippen molar-refractivity contribution in [2.45, 2.75) is 19.8 Å². The van der Waals surface area contributed by atoms with Crippen LogP contribution < -0.4 is 0 Å². The Hall–Kier alpha value is -1.43. The summed E-state index contributed by atoms with van der Waals surface area (Å²) >= 11 is 0. The maximum atomic E-state index is 11.3. The van der Waals surface area contributed by atoms with Gasteiger partial charge in [0.05, 0.1) is 32.5 Å². The Labute approximate surface area is 92.9 Å². The van der Waals surface area contributed by atoms with Crippen LogP contribution in [0.4, 0.5) is 0 Å². The number of ether oxygens (including phenoxy) is 1. The molecule has 0 aliphatic carbocycles. The summed E-state index contributed by atoms with van der Waals surface area (Å²) in [6.07, 6.45) is 0. The van der Waals surface area contributed by atoms with Crippen molar-refractivity contribution in [3.05, 3.63) is 34.4 Å². The molecule has 0 fully saturated rings. The van der Waals surface area contributed by atoms with Crippen molar-refractivity contribution in [3.63, 3.8) is 0 Å². The second-order valence-electron chi connectivity index (χ2n) is 3.24. The predicted octanol–water partition coefficient (Wildman–Crippen LogP) is -0.0499. The fraction of sp³-hybridized carbons (Fsp3) is 0.364. The SMILES string of the molecule is COC(=O)c1cc(CO)c(CO)c(CO)c1. The number of benzene rings is 1. The van der Waals surface area contributed by atoms with E-state index >= 15 is 0 Å². The van der Waals surface area contributed by atoms with Gasteiger partial charge in [-0.15, -0.1) is 0 Å². The number of carbonyl (C=O) groups is 1. The van der Waals surface area contributed by atoms with Crippen LogP contribution in [-0.2, 0) is 24.6 Å². The lowest BCUT2D eigenvalue weighted by Crippen LogP contribution is -2.08. The number of esters is 1. The van der Waals surface area contributed by atoms with E-state index < -0.39 is 5.97 Å². The van der Waals surface area contributed by atoms with Gasteiger partial charge >= 0.3 is 5.97 Å². The van der Waals surface area contributed by atoms with E-state index in [1.54, 1.807) is 0 Å². The Balaban J connectivity index is 3.31. The molecule has 0 radical (unpaired) electrons. The van der Waals surface area contributed by atoms with Crippen molar-refractivity contribution in [1.29, 1.82) is 0 Å². The number of aliphatic hydroxyl groups is 3. The molecule has 16 heavy (non-hydrogen) atoms. The van der Waals surface area contributed by atoms with Gasteiger partial charge in [-0.25, -0.2) is 4.79 Å². The molecule has 0 heterocycles. The summed E-state index contributed by atoms with van der Waals surface area (Å²) in [5, 5.41) is 27.3. The highest BCUT2D eigenvalue weighted by Gasteiger charge is 2.13. The molecule has 1 aromatic carbocycles. The highest BCUT2D eigenvalue weighted by Crippen LogP contribution is 2.19. The van der Waals surface area contributed by atoms with Crippen LogP contribution in [0.25, 0.3) is 0 Å². The maximum Gasteiger partial charge on any atom is 0.337 e. The van der Waals surface area contributed by atoms with Crippen LogP contribution in [0.3, 0.4) is 0 Å². The molecule has 88 valence electrons. The standard InChI is InChI=1S/C11H14O5/c1-16-11(15)7-2-8(4-12)10(6-14)9(3-7)5-13/h2-3,12-14H,4-6H2,1H3. The van der Waals surface area contributed by atoms with Crippen LogP contribution >= 0.6 is 0 Å². The molecule has 0 bridgehead atoms. The molecular formula is C11H14O5. The topological polar surface area (TPSA) is 87.0 Å². The summed E-state index contributed by atoms with van der Waals surface area (Å²) in [4.78, 5) is 11.3. The minimum absolute atomic E-state index is 0.243. The Morgan fingerprint density at radius 1 is 1.12 bits per heavy atom. The van der Waals surface area contributed by atoms with E-state index in [0.29, 0.717) is 16.7 Å². The van der Waals surface area contributed by atoms with E-state index in [1.807, 2.05) is 0 Å². The van der Waals surface area contributed by atoms with Crippen molar-refractivity contribution in [1.82, 2.24) is 0 Å². The van der Waals surface area contributed by atoms with Crippen molar-refractivity contribution < 1.29 is 24.9 Å². The third-order valence-corrected chi connectivity index (χ3v) is 2.35. The summed E-state index contributed by atoms with van der Waals surface area (Å²) in [6.45, 7) is -0.922. The van der Waals surface area contributed by atoms with Gasteiger partial charge in [0.1, 0.15) is 0 Å². The summed E-state index contributed by atoms with van der Waals surface area (Å²) < 4.78 is 4.54. The van der Waals surface area contributed by atoms with Gasteiger partial charge in [-0.2, -0.15) is 0 Å². The van der Waals surface area contributed by atoms with E-state index in [-0.39, 0.29) is 25.4 Å². The van der Waals surface area contributed by atoms with Gasteiger partial charge < -0.3 is 20.1 Å². The lowest BCUT2D eigenvalue weighted by molar-refractivity contribution is 0.0600. The largest absolute Gasteiger partial charge is 0.465 e. The Kier molecular flexibility index (Phi) is 4.42. The number of carbonyl (C=O) groups excluding carboxylic acids is 1. The molecule has 0 spiro atoms. The molecule has 0 unspecified atom stereocenters. The quantitative estimate of drug-likeness (QED) is 0.626. The van der Waals surface area contributed by atoms with Crippen molar-refractivity contribution in [2.24, 2.45) is 0 Å². The summed E-state index contributed by atoms with van der Waals surface area (Å²) in [5.74, 6) is -0.547. The van der Waals surface area contributed by atoms with Gasteiger partial charge in [0, 0.05) is 0 Å². The zero-order valence-electron chi connectivity index (χ0n) is 8.93. The number of rotatable bonds is 4. The van der Waals surface area contributed by atoms with Crippen LogP contribution in [0.1, 0.15) is 27.0 Å². The van der Waals surface area contributed by atoms with Gasteiger partial charge in [0.15, 0.2) is 0 Å². The minimum atomic E-state index is -0.547. The number of aliphatic hydroxyl groups excluding tert-OH is 3. The lowest BCUT2D eigenvalue weighted by Gasteiger charge is -2.12. The summed E-state index contributed by atoms with van der Waals surface area (Å²) in [6, 6.07) is 2.88. The first-order valence-corrected chi connectivity index (χ1v) is 4.73. The lowest BCUT2D eigenvalue weighted by atomic mass is 9.98. The molecular weight excluding hydrogens is 212 g/mol. The van der Waals surface area contributed by atoms with E-state index in [9.17, 15) is 4.79 Å². The van der Waals surface area contributed by atoms with E-state index in [4.69, 9.17) is 15.3 Å². The summed E-state index contributed by atoms with van der Waals surface area (Å²) in [5.41, 5.74) is 1.51. The monoisotopic (exact) mass is 226 g/mol. The fourth-order valence-corrected chi connectivity index (χ4v) is 1.52. The molecule has 1 aromatic rings. The average molecular weight is 226 g/mol. The van der Waals surface area contributed by atoms with Gasteiger partial charge in [0.2, 0.25) is 0 Å². The third kappa shape index (κ3) is 2.38. The van der Waals surface area contributed by atoms with E-state index in [1.165, 1.54) is 19.2 Å². The predicted molar refractivity (Wildman–Crippen MR) is 55.5 cm³/mol. The Morgan fingerprint density at radius 3 is 1.94 bits per heavy atom. The third-order valence-electron chi connectivity index (χ3n) is 2.35. The van der Waals surface area contributed by atoms with Crippen LogP contribution in [0.5, 0.6) is 0 Å². The fourth-order valence-electron chi connectivity index (χ4n) is 1.52. The molecule has 3 N–H and O–H groups in total. The van der Waals surface area contributed by atoms with Crippen LogP contribution in [0.15, 0.2) is 12.1 Å². The molecule has 0 amide bonds. The highest BCUT2D eigenvalue weighted by molar-refractivity contribution is 5.90. The Bertz CT molecular complexity index is 361. The first-order chi connectivity index (χ1) is 7.67. The number of hydrogen-bond donors (Lipinski definition) is 3. The zero-order chi connectivity index (χ0) is 12.1. The minimum Gasteiger partial charge on any atom is -0.465 e. The smallest absolute Gasteiger partial charge is 0.337 e. The second-order valence-corrected chi connectivity index (χ2v) is 3.24. The van der Waals surface area contributed by atoms with Crippen LogP contribution in [0, 0.1) is 0 Å². The van der Waals surface area contributed by atoms with Gasteiger partial charge in [-0.3, -0.25) is 0 Å². The summed E-state index contributed by atoms with van der Waals surface area (Å²) in [7, 11) is 1.25. The normalized spacial score (nSPS) is 10.2. The first-order valence-electron chi connectivity index (χ1n) is 4.73. The molecule has 0 aliphatic heterocycles. The molecule has 0 saturated heterocycles. The maximum absolute atomic E-state index is 11.3.